The third-order valence-electron chi connectivity index (χ3n) is 11.3. The Morgan fingerprint density at radius 2 is 1.34 bits per heavy atom. The predicted molar refractivity (Wildman–Crippen MR) is 242 cm³/mol. The molecule has 6 nitrogen and oxygen atoms in total. The van der Waals surface area contributed by atoms with E-state index in [1.165, 1.54) is 22.1 Å². The number of aromatic nitrogens is 5. The highest BCUT2D eigenvalue weighted by atomic mass is 15.0. The van der Waals surface area contributed by atoms with Crippen molar-refractivity contribution in [1.82, 2.24) is 24.1 Å². The van der Waals surface area contributed by atoms with Crippen LogP contribution in [0.5, 0.6) is 0 Å². The summed E-state index contributed by atoms with van der Waals surface area (Å²) in [6.45, 7) is 6.58. The van der Waals surface area contributed by atoms with Crippen LogP contribution in [0.4, 0.5) is 0 Å². The largest absolute Gasteiger partial charge is 0.405 e. The van der Waals surface area contributed by atoms with Gasteiger partial charge in [0.1, 0.15) is 0 Å². The molecule has 0 radical (unpaired) electrons. The van der Waals surface area contributed by atoms with E-state index in [0.29, 0.717) is 5.92 Å². The third-order valence-corrected chi connectivity index (χ3v) is 11.3. The van der Waals surface area contributed by atoms with Crippen LogP contribution in [0.3, 0.4) is 0 Å². The molecule has 58 heavy (non-hydrogen) atoms. The minimum Gasteiger partial charge on any atom is -0.405 e. The molecule has 0 aliphatic rings. The molecule has 0 spiro atoms. The Labute approximate surface area is 339 Å². The van der Waals surface area contributed by atoms with Crippen LogP contribution in [0, 0.1) is 6.92 Å². The first kappa shape index (κ1) is 36.3. The second-order valence-corrected chi connectivity index (χ2v) is 14.9. The van der Waals surface area contributed by atoms with Crippen LogP contribution >= 0.6 is 0 Å². The molecule has 1 unspecified atom stereocenters. The van der Waals surface area contributed by atoms with Crippen molar-refractivity contribution in [2.75, 3.05) is 0 Å². The molecule has 282 valence electrons. The molecule has 9 rings (SSSR count). The number of nitrogens with zero attached hydrogens (tertiary/aromatic N) is 5. The Balaban J connectivity index is 1.08. The quantitative estimate of drug-likeness (QED) is 0.141. The molecule has 0 aliphatic carbocycles. The van der Waals surface area contributed by atoms with E-state index in [1.54, 1.807) is 6.20 Å². The Hall–Kier alpha value is -7.31. The highest BCUT2D eigenvalue weighted by Gasteiger charge is 2.18. The third kappa shape index (κ3) is 6.79. The van der Waals surface area contributed by atoms with Gasteiger partial charge in [-0.25, -0.2) is 0 Å². The van der Waals surface area contributed by atoms with Crippen molar-refractivity contribution in [2.24, 2.45) is 5.73 Å². The van der Waals surface area contributed by atoms with E-state index < -0.39 is 0 Å². The molecule has 0 amide bonds. The molecule has 1 atom stereocenters. The van der Waals surface area contributed by atoms with Crippen molar-refractivity contribution in [3.05, 3.63) is 199 Å². The van der Waals surface area contributed by atoms with E-state index >= 15 is 0 Å². The summed E-state index contributed by atoms with van der Waals surface area (Å²) >= 11 is 0. The summed E-state index contributed by atoms with van der Waals surface area (Å²) < 4.78 is 4.67. The molecule has 0 aliphatic heterocycles. The zero-order valence-corrected chi connectivity index (χ0v) is 32.9. The summed E-state index contributed by atoms with van der Waals surface area (Å²) in [5.74, 6) is 0.411. The number of benzene rings is 4. The molecule has 0 saturated carbocycles. The number of rotatable bonds is 10. The lowest BCUT2D eigenvalue weighted by Crippen LogP contribution is -2.00. The number of pyridine rings is 3. The molecule has 9 aromatic rings. The van der Waals surface area contributed by atoms with E-state index in [-0.39, 0.29) is 0 Å². The first-order valence-corrected chi connectivity index (χ1v) is 19.8. The van der Waals surface area contributed by atoms with Crippen LogP contribution in [0.1, 0.15) is 48.6 Å². The summed E-state index contributed by atoms with van der Waals surface area (Å²) in [6, 6.07) is 41.3. The van der Waals surface area contributed by atoms with Crippen LogP contribution in [0.15, 0.2) is 177 Å². The highest BCUT2D eigenvalue weighted by Crippen LogP contribution is 2.37. The molecular weight excluding hydrogens is 709 g/mol. The Morgan fingerprint density at radius 1 is 0.638 bits per heavy atom. The molecular formula is C52H44N6. The maximum atomic E-state index is 6.06. The highest BCUT2D eigenvalue weighted by molar-refractivity contribution is 6.10. The lowest BCUT2D eigenvalue weighted by atomic mass is 9.99. The van der Waals surface area contributed by atoms with Crippen molar-refractivity contribution >= 4 is 44.4 Å². The number of allylic oxidation sites excluding steroid dienone is 4. The summed E-state index contributed by atoms with van der Waals surface area (Å²) in [5, 5.41) is 3.50. The number of nitrogens with two attached hydrogens (primary N) is 1. The molecule has 0 bridgehead atoms. The van der Waals surface area contributed by atoms with Gasteiger partial charge in [0.15, 0.2) is 0 Å². The van der Waals surface area contributed by atoms with Crippen LogP contribution < -0.4 is 5.73 Å². The first-order valence-electron chi connectivity index (χ1n) is 19.8. The zero-order valence-electron chi connectivity index (χ0n) is 32.9. The second-order valence-electron chi connectivity index (χ2n) is 14.9. The number of hydrogen-bond donors (Lipinski definition) is 1. The van der Waals surface area contributed by atoms with Gasteiger partial charge < -0.3 is 14.9 Å². The summed E-state index contributed by atoms with van der Waals surface area (Å²) in [6.07, 6.45) is 22.6. The first-order chi connectivity index (χ1) is 28.5. The average Bonchev–Trinajstić information content (AvgIpc) is 3.76. The maximum Gasteiger partial charge on any atom is 0.0724 e. The van der Waals surface area contributed by atoms with Gasteiger partial charge in [-0.3, -0.25) is 15.0 Å². The SMILES string of the molecule is C/C(=C\C=CCC(C)c1cccnc1)c1ccc2c(c1)c(/C=C\N)c(C)n2-c1cccc(-n2c3ccc(-c4cccc(-c5cccnc5)c4)cc3c3ccncc32)c1. The van der Waals surface area contributed by atoms with E-state index in [4.69, 9.17) is 5.73 Å². The van der Waals surface area contributed by atoms with E-state index in [0.717, 1.165) is 78.6 Å². The average molecular weight is 753 g/mol. The van der Waals surface area contributed by atoms with E-state index in [9.17, 15) is 0 Å². The molecule has 6 heteroatoms. The van der Waals surface area contributed by atoms with Crippen LogP contribution in [0.2, 0.25) is 0 Å². The van der Waals surface area contributed by atoms with Gasteiger partial charge in [-0.1, -0.05) is 73.7 Å². The van der Waals surface area contributed by atoms with Crippen molar-refractivity contribution in [3.63, 3.8) is 0 Å². The molecule has 4 aromatic carbocycles. The van der Waals surface area contributed by atoms with Gasteiger partial charge in [0.25, 0.3) is 0 Å². The minimum absolute atomic E-state index is 0.411. The van der Waals surface area contributed by atoms with Gasteiger partial charge in [-0.05, 0) is 139 Å². The summed E-state index contributed by atoms with van der Waals surface area (Å²) in [4.78, 5) is 13.2. The number of fused-ring (bicyclic) bond motifs is 4. The van der Waals surface area contributed by atoms with Crippen molar-refractivity contribution < 1.29 is 0 Å². The van der Waals surface area contributed by atoms with Gasteiger partial charge in [0.2, 0.25) is 0 Å². The number of hydrogen-bond acceptors (Lipinski definition) is 4. The lowest BCUT2D eigenvalue weighted by Gasteiger charge is -2.13. The summed E-state index contributed by atoms with van der Waals surface area (Å²) in [5.41, 5.74) is 21.9. The van der Waals surface area contributed by atoms with E-state index in [1.807, 2.05) is 55.4 Å². The van der Waals surface area contributed by atoms with Crippen LogP contribution in [0.25, 0.3) is 78.0 Å². The monoisotopic (exact) mass is 752 g/mol. The van der Waals surface area contributed by atoms with Gasteiger partial charge in [0, 0.05) is 75.3 Å². The Morgan fingerprint density at radius 3 is 2.14 bits per heavy atom. The fourth-order valence-electron chi connectivity index (χ4n) is 8.23. The second kappa shape index (κ2) is 15.7. The lowest BCUT2D eigenvalue weighted by molar-refractivity contribution is 0.775. The van der Waals surface area contributed by atoms with Gasteiger partial charge >= 0.3 is 0 Å². The fourth-order valence-corrected chi connectivity index (χ4v) is 8.23. The van der Waals surface area contributed by atoms with Crippen LogP contribution in [-0.4, -0.2) is 24.1 Å². The topological polar surface area (TPSA) is 74.5 Å². The molecule has 5 heterocycles. The van der Waals surface area contributed by atoms with Crippen LogP contribution in [-0.2, 0) is 0 Å². The molecule has 5 aromatic heterocycles. The van der Waals surface area contributed by atoms with Crippen molar-refractivity contribution in [2.45, 2.75) is 33.1 Å². The van der Waals surface area contributed by atoms with Gasteiger partial charge in [-0.15, -0.1) is 0 Å². The zero-order chi connectivity index (χ0) is 39.6. The standard InChI is InChI=1S/C52H44N6/c1-35(10-4-5-11-36(2)42-14-8-25-54-32-42)38-18-20-50-48(29-38)46(22-24-53)37(3)57(50)44-16-7-17-45(31-44)58-51-21-19-41(30-49(51)47-23-27-56-34-52(47)58)39-12-6-13-40(28-39)43-15-9-26-55-33-43/h4-10,12-34,36H,11,53H2,1-3H3/b5-4?,24-22-,35-10+. The Kier molecular flexibility index (Phi) is 9.82. The normalized spacial score (nSPS) is 12.8. The maximum absolute atomic E-state index is 6.06. The Bertz CT molecular complexity index is 3020. The predicted octanol–water partition coefficient (Wildman–Crippen LogP) is 12.6. The van der Waals surface area contributed by atoms with Crippen molar-refractivity contribution in [3.8, 4) is 33.6 Å². The van der Waals surface area contributed by atoms with Gasteiger partial charge in [0.05, 0.1) is 22.7 Å². The fraction of sp³-hybridized carbons (Fsp3) is 0.0962. The van der Waals surface area contributed by atoms with E-state index in [2.05, 4.69) is 166 Å². The summed E-state index contributed by atoms with van der Waals surface area (Å²) in [7, 11) is 0. The molecule has 0 fully saturated rings. The molecule has 0 saturated heterocycles. The van der Waals surface area contributed by atoms with Crippen molar-refractivity contribution in [1.29, 1.82) is 0 Å². The van der Waals surface area contributed by atoms with Gasteiger partial charge in [-0.2, -0.15) is 0 Å². The molecule has 2 N–H and O–H groups in total. The smallest absolute Gasteiger partial charge is 0.0724 e. The minimum atomic E-state index is 0.411.